The molecule has 0 aliphatic heterocycles. The van der Waals surface area contributed by atoms with E-state index in [1.165, 1.54) is 5.56 Å². The summed E-state index contributed by atoms with van der Waals surface area (Å²) < 4.78 is 10.4. The van der Waals surface area contributed by atoms with Crippen LogP contribution in [0.3, 0.4) is 0 Å². The van der Waals surface area contributed by atoms with Crippen molar-refractivity contribution in [3.63, 3.8) is 0 Å². The third-order valence-corrected chi connectivity index (χ3v) is 3.09. The van der Waals surface area contributed by atoms with E-state index in [9.17, 15) is 0 Å². The summed E-state index contributed by atoms with van der Waals surface area (Å²) in [7, 11) is 3.42. The number of nitrogens with one attached hydrogen (secondary N) is 1. The number of ether oxygens (including phenoxy) is 2. The molecule has 0 spiro atoms. The zero-order valence-electron chi connectivity index (χ0n) is 11.7. The Balaban J connectivity index is 2.19. The fourth-order valence-corrected chi connectivity index (χ4v) is 1.86. The lowest BCUT2D eigenvalue weighted by molar-refractivity contribution is 0.0275. The normalized spacial score (nSPS) is 14.4. The van der Waals surface area contributed by atoms with Crippen LogP contribution in [-0.2, 0) is 15.9 Å². The minimum atomic E-state index is 0.133. The summed E-state index contributed by atoms with van der Waals surface area (Å²) in [5, 5.41) is 3.48. The van der Waals surface area contributed by atoms with Crippen molar-refractivity contribution < 1.29 is 9.47 Å². The van der Waals surface area contributed by atoms with Crippen LogP contribution < -0.4 is 5.32 Å². The van der Waals surface area contributed by atoms with Gasteiger partial charge >= 0.3 is 0 Å². The molecule has 1 aromatic rings. The molecule has 3 nitrogen and oxygen atoms in total. The Labute approximate surface area is 110 Å². The third kappa shape index (κ3) is 6.15. The Hall–Kier alpha value is -0.900. The molecule has 0 radical (unpaired) electrons. The van der Waals surface area contributed by atoms with E-state index in [2.05, 4.69) is 42.6 Å². The quantitative estimate of drug-likeness (QED) is 0.730. The van der Waals surface area contributed by atoms with Crippen molar-refractivity contribution in [1.82, 2.24) is 5.32 Å². The molecule has 0 saturated heterocycles. The first kappa shape index (κ1) is 15.2. The fourth-order valence-electron chi connectivity index (χ4n) is 1.86. The lowest BCUT2D eigenvalue weighted by Crippen LogP contribution is -2.37. The van der Waals surface area contributed by atoms with Gasteiger partial charge in [-0.25, -0.2) is 0 Å². The van der Waals surface area contributed by atoms with Gasteiger partial charge in [-0.15, -0.1) is 0 Å². The number of benzene rings is 1. The van der Waals surface area contributed by atoms with Gasteiger partial charge < -0.3 is 14.8 Å². The first-order valence-electron chi connectivity index (χ1n) is 6.55. The number of methoxy groups -OCH3 is 2. The minimum absolute atomic E-state index is 0.133. The van der Waals surface area contributed by atoms with Crippen molar-refractivity contribution in [3.8, 4) is 0 Å². The average molecular weight is 251 g/mol. The Bertz CT molecular complexity index is 303. The molecular formula is C15H25NO2. The number of hydrogen-bond acceptors (Lipinski definition) is 3. The molecule has 2 atom stereocenters. The highest BCUT2D eigenvalue weighted by molar-refractivity contribution is 5.14. The molecule has 1 N–H and O–H groups in total. The average Bonchev–Trinajstić information content (AvgIpc) is 2.42. The van der Waals surface area contributed by atoms with Crippen LogP contribution in [-0.4, -0.2) is 39.5 Å². The van der Waals surface area contributed by atoms with Gasteiger partial charge in [0.25, 0.3) is 0 Å². The Morgan fingerprint density at radius 1 is 1.17 bits per heavy atom. The van der Waals surface area contributed by atoms with Crippen molar-refractivity contribution in [2.75, 3.05) is 27.4 Å². The van der Waals surface area contributed by atoms with Gasteiger partial charge in [0.2, 0.25) is 0 Å². The molecule has 3 heteroatoms. The monoisotopic (exact) mass is 251 g/mol. The van der Waals surface area contributed by atoms with E-state index in [0.29, 0.717) is 12.6 Å². The van der Waals surface area contributed by atoms with Crippen molar-refractivity contribution in [3.05, 3.63) is 35.9 Å². The summed E-state index contributed by atoms with van der Waals surface area (Å²) in [6.45, 7) is 3.68. The number of aryl methyl sites for hydroxylation is 1. The maximum atomic E-state index is 5.32. The minimum Gasteiger partial charge on any atom is -0.382 e. The molecule has 1 rings (SSSR count). The van der Waals surface area contributed by atoms with Crippen LogP contribution in [0.15, 0.2) is 30.3 Å². The number of rotatable bonds is 9. The van der Waals surface area contributed by atoms with Crippen LogP contribution in [0.5, 0.6) is 0 Å². The summed E-state index contributed by atoms with van der Waals surface area (Å²) >= 11 is 0. The lowest BCUT2D eigenvalue weighted by Gasteiger charge is -2.19. The number of hydrogen-bond donors (Lipinski definition) is 1. The molecule has 0 heterocycles. The second-order valence-corrected chi connectivity index (χ2v) is 4.65. The molecule has 0 saturated carbocycles. The van der Waals surface area contributed by atoms with Crippen molar-refractivity contribution >= 4 is 0 Å². The maximum Gasteiger partial charge on any atom is 0.0928 e. The van der Waals surface area contributed by atoms with E-state index >= 15 is 0 Å². The highest BCUT2D eigenvalue weighted by Gasteiger charge is 2.08. The van der Waals surface area contributed by atoms with Crippen LogP contribution in [0.1, 0.15) is 18.9 Å². The molecule has 0 aromatic heterocycles. The predicted molar refractivity (Wildman–Crippen MR) is 74.9 cm³/mol. The van der Waals surface area contributed by atoms with Crippen molar-refractivity contribution in [1.29, 1.82) is 0 Å². The van der Waals surface area contributed by atoms with Gasteiger partial charge in [-0.2, -0.15) is 0 Å². The molecule has 0 aliphatic carbocycles. The predicted octanol–water partition coefficient (Wildman–Crippen LogP) is 2.26. The fraction of sp³-hybridized carbons (Fsp3) is 0.600. The highest BCUT2D eigenvalue weighted by atomic mass is 16.5. The second kappa shape index (κ2) is 9.09. The van der Waals surface area contributed by atoms with Crippen molar-refractivity contribution in [2.45, 2.75) is 31.9 Å². The van der Waals surface area contributed by atoms with Gasteiger partial charge in [0.15, 0.2) is 0 Å². The molecule has 2 unspecified atom stereocenters. The van der Waals surface area contributed by atoms with Gasteiger partial charge in [0.1, 0.15) is 0 Å². The summed E-state index contributed by atoms with van der Waals surface area (Å²) in [5.74, 6) is 0. The Kier molecular flexibility index (Phi) is 7.65. The third-order valence-electron chi connectivity index (χ3n) is 3.09. The molecular weight excluding hydrogens is 226 g/mol. The molecule has 102 valence electrons. The van der Waals surface area contributed by atoms with Crippen LogP contribution in [0.4, 0.5) is 0 Å². The highest BCUT2D eigenvalue weighted by Crippen LogP contribution is 2.04. The van der Waals surface area contributed by atoms with Gasteiger partial charge in [-0.1, -0.05) is 30.3 Å². The van der Waals surface area contributed by atoms with E-state index in [0.717, 1.165) is 19.4 Å². The molecule has 1 aromatic carbocycles. The van der Waals surface area contributed by atoms with E-state index in [-0.39, 0.29) is 6.10 Å². The second-order valence-electron chi connectivity index (χ2n) is 4.65. The van der Waals surface area contributed by atoms with E-state index in [4.69, 9.17) is 9.47 Å². The van der Waals surface area contributed by atoms with Gasteiger partial charge in [-0.05, 0) is 25.3 Å². The van der Waals surface area contributed by atoms with Crippen LogP contribution in [0.2, 0.25) is 0 Å². The van der Waals surface area contributed by atoms with E-state index < -0.39 is 0 Å². The van der Waals surface area contributed by atoms with Crippen molar-refractivity contribution in [2.24, 2.45) is 0 Å². The van der Waals surface area contributed by atoms with E-state index in [1.54, 1.807) is 14.2 Å². The zero-order valence-corrected chi connectivity index (χ0v) is 11.7. The molecule has 0 amide bonds. The van der Waals surface area contributed by atoms with Crippen LogP contribution in [0.25, 0.3) is 0 Å². The van der Waals surface area contributed by atoms with E-state index in [1.807, 2.05) is 0 Å². The summed E-state index contributed by atoms with van der Waals surface area (Å²) in [6.07, 6.45) is 2.37. The molecule has 0 aliphatic rings. The molecule has 18 heavy (non-hydrogen) atoms. The van der Waals surface area contributed by atoms with Gasteiger partial charge in [-0.3, -0.25) is 0 Å². The smallest absolute Gasteiger partial charge is 0.0928 e. The Morgan fingerprint density at radius 3 is 2.50 bits per heavy atom. The molecule has 0 bridgehead atoms. The largest absolute Gasteiger partial charge is 0.382 e. The van der Waals surface area contributed by atoms with Crippen LogP contribution >= 0.6 is 0 Å². The maximum absolute atomic E-state index is 5.32. The summed E-state index contributed by atoms with van der Waals surface area (Å²) in [4.78, 5) is 0. The van der Waals surface area contributed by atoms with Gasteiger partial charge in [0.05, 0.1) is 12.7 Å². The summed E-state index contributed by atoms with van der Waals surface area (Å²) in [6, 6.07) is 11.1. The molecule has 0 fully saturated rings. The van der Waals surface area contributed by atoms with Crippen LogP contribution in [0, 0.1) is 0 Å². The first-order chi connectivity index (χ1) is 8.76. The Morgan fingerprint density at radius 2 is 1.89 bits per heavy atom. The van der Waals surface area contributed by atoms with Gasteiger partial charge in [0, 0.05) is 26.8 Å². The standard InChI is InChI=1S/C15H25NO2/c1-13(16-11-15(18-3)12-17-2)9-10-14-7-5-4-6-8-14/h4-8,13,15-16H,9-12H2,1-3H3. The first-order valence-corrected chi connectivity index (χ1v) is 6.55. The topological polar surface area (TPSA) is 30.5 Å². The summed E-state index contributed by atoms with van der Waals surface area (Å²) in [5.41, 5.74) is 1.39. The SMILES string of the molecule is COCC(CNC(C)CCc1ccccc1)OC. The zero-order chi connectivity index (χ0) is 13.2. The lowest BCUT2D eigenvalue weighted by atomic mass is 10.1.